The van der Waals surface area contributed by atoms with Gasteiger partial charge in [0.15, 0.2) is 5.96 Å². The average Bonchev–Trinajstić information content (AvgIpc) is 3.18. The van der Waals surface area contributed by atoms with Gasteiger partial charge in [-0.2, -0.15) is 0 Å². The van der Waals surface area contributed by atoms with Gasteiger partial charge in [-0.3, -0.25) is 4.99 Å². The summed E-state index contributed by atoms with van der Waals surface area (Å²) in [5, 5.41) is 6.60. The fourth-order valence-electron chi connectivity index (χ4n) is 2.94. The second kappa shape index (κ2) is 14.9. The highest BCUT2D eigenvalue weighted by molar-refractivity contribution is 14.0. The third kappa shape index (κ3) is 10.5. The molecule has 1 heterocycles. The van der Waals surface area contributed by atoms with Crippen molar-refractivity contribution in [3.8, 4) is 0 Å². The van der Waals surface area contributed by atoms with Gasteiger partial charge >= 0.3 is 0 Å². The molecule has 0 aliphatic carbocycles. The minimum absolute atomic E-state index is 0. The van der Waals surface area contributed by atoms with Crippen molar-refractivity contribution in [2.75, 3.05) is 53.6 Å². The molecule has 1 aromatic carbocycles. The number of likely N-dealkylation sites (N-methyl/N-ethyl adjacent to an activating group) is 1. The Balaban J connectivity index is 0.00000392. The fraction of sp³-hybridized carbons (Fsp3) is 0.650. The Hall–Kier alpha value is -0.970. The number of nitrogens with one attached hydrogen (secondary N) is 2. The first-order valence-electron chi connectivity index (χ1n) is 9.74. The predicted octanol–water partition coefficient (Wildman–Crippen LogP) is 2.63. The van der Waals surface area contributed by atoms with Crippen molar-refractivity contribution >= 4 is 29.9 Å². The smallest absolute Gasteiger partial charge is 0.191 e. The maximum absolute atomic E-state index is 12.9. The Labute approximate surface area is 185 Å². The van der Waals surface area contributed by atoms with Gasteiger partial charge in [-0.1, -0.05) is 12.1 Å². The summed E-state index contributed by atoms with van der Waals surface area (Å²) in [6.45, 7) is 5.55. The molecular weight excluding hydrogens is 474 g/mol. The van der Waals surface area contributed by atoms with Crippen LogP contribution in [0.25, 0.3) is 0 Å². The van der Waals surface area contributed by atoms with Gasteiger partial charge in [-0.25, -0.2) is 4.39 Å². The van der Waals surface area contributed by atoms with Crippen LogP contribution in [0.5, 0.6) is 0 Å². The van der Waals surface area contributed by atoms with E-state index in [1.807, 2.05) is 19.2 Å². The Bertz CT molecular complexity index is 554. The van der Waals surface area contributed by atoms with Gasteiger partial charge in [0.25, 0.3) is 0 Å². The molecule has 0 aromatic heterocycles. The van der Waals surface area contributed by atoms with Gasteiger partial charge in [-0.05, 0) is 44.0 Å². The second-order valence-corrected chi connectivity index (χ2v) is 6.85. The van der Waals surface area contributed by atoms with Crippen LogP contribution in [-0.4, -0.2) is 70.5 Å². The third-order valence-corrected chi connectivity index (χ3v) is 4.46. The van der Waals surface area contributed by atoms with Gasteiger partial charge in [0.05, 0.1) is 12.7 Å². The Kier molecular flexibility index (Phi) is 13.4. The molecule has 0 spiro atoms. The van der Waals surface area contributed by atoms with E-state index in [4.69, 9.17) is 9.47 Å². The van der Waals surface area contributed by atoms with Crippen LogP contribution in [0.2, 0.25) is 0 Å². The summed E-state index contributed by atoms with van der Waals surface area (Å²) in [7, 11) is 3.82. The largest absolute Gasteiger partial charge is 0.379 e. The van der Waals surface area contributed by atoms with Gasteiger partial charge in [0.1, 0.15) is 5.82 Å². The fourth-order valence-corrected chi connectivity index (χ4v) is 2.94. The topological polar surface area (TPSA) is 58.1 Å². The van der Waals surface area contributed by atoms with Crippen molar-refractivity contribution < 1.29 is 13.9 Å². The number of guanidine groups is 1. The highest BCUT2D eigenvalue weighted by Crippen LogP contribution is 2.11. The van der Waals surface area contributed by atoms with Gasteiger partial charge < -0.3 is 25.0 Å². The summed E-state index contributed by atoms with van der Waals surface area (Å²) >= 11 is 0. The SMILES string of the molecule is CN=C(NCCCOCC1CCCO1)NCCN(C)Cc1ccc(F)cc1.I. The normalized spacial score (nSPS) is 16.9. The van der Waals surface area contributed by atoms with E-state index in [1.165, 1.54) is 12.1 Å². The zero-order valence-corrected chi connectivity index (χ0v) is 19.3. The summed E-state index contributed by atoms with van der Waals surface area (Å²) < 4.78 is 24.1. The maximum atomic E-state index is 12.9. The van der Waals surface area contributed by atoms with Crippen molar-refractivity contribution in [1.82, 2.24) is 15.5 Å². The first kappa shape index (κ1) is 25.1. The molecule has 0 bridgehead atoms. The van der Waals surface area contributed by atoms with Crippen molar-refractivity contribution in [3.05, 3.63) is 35.6 Å². The van der Waals surface area contributed by atoms with E-state index >= 15 is 0 Å². The minimum atomic E-state index is -0.199. The molecule has 1 unspecified atom stereocenters. The van der Waals surface area contributed by atoms with E-state index in [9.17, 15) is 4.39 Å². The number of nitrogens with zero attached hydrogens (tertiary/aromatic N) is 2. The summed E-state index contributed by atoms with van der Waals surface area (Å²) in [6.07, 6.45) is 3.48. The second-order valence-electron chi connectivity index (χ2n) is 6.85. The lowest BCUT2D eigenvalue weighted by Gasteiger charge is -2.18. The lowest BCUT2D eigenvalue weighted by atomic mass is 10.2. The molecule has 0 radical (unpaired) electrons. The lowest BCUT2D eigenvalue weighted by molar-refractivity contribution is 0.0168. The highest BCUT2D eigenvalue weighted by atomic mass is 127. The van der Waals surface area contributed by atoms with Gasteiger partial charge in [0, 0.05) is 46.4 Å². The van der Waals surface area contributed by atoms with Crippen LogP contribution >= 0.6 is 24.0 Å². The molecule has 1 saturated heterocycles. The predicted molar refractivity (Wildman–Crippen MR) is 122 cm³/mol. The number of ether oxygens (including phenoxy) is 2. The molecule has 160 valence electrons. The zero-order valence-electron chi connectivity index (χ0n) is 17.0. The van der Waals surface area contributed by atoms with Crippen molar-refractivity contribution in [3.63, 3.8) is 0 Å². The molecule has 1 fully saturated rings. The number of halogens is 2. The maximum Gasteiger partial charge on any atom is 0.191 e. The Morgan fingerprint density at radius 1 is 1.29 bits per heavy atom. The summed E-state index contributed by atoms with van der Waals surface area (Å²) in [4.78, 5) is 6.42. The van der Waals surface area contributed by atoms with E-state index in [-0.39, 0.29) is 29.8 Å². The standard InChI is InChI=1S/C20H33FN4O2.HI/c1-22-20(23-10-4-13-26-16-19-5-3-14-27-19)24-11-12-25(2)15-17-6-8-18(21)9-7-17;/h6-9,19H,3-5,10-16H2,1-2H3,(H2,22,23,24);1H. The van der Waals surface area contributed by atoms with E-state index < -0.39 is 0 Å². The molecule has 1 aliphatic heterocycles. The average molecular weight is 508 g/mol. The Morgan fingerprint density at radius 3 is 2.71 bits per heavy atom. The van der Waals surface area contributed by atoms with E-state index in [2.05, 4.69) is 20.5 Å². The van der Waals surface area contributed by atoms with Crippen LogP contribution in [0, 0.1) is 5.82 Å². The van der Waals surface area contributed by atoms with Crippen LogP contribution in [0.4, 0.5) is 4.39 Å². The van der Waals surface area contributed by atoms with Crippen molar-refractivity contribution in [2.24, 2.45) is 4.99 Å². The van der Waals surface area contributed by atoms with E-state index in [0.29, 0.717) is 12.7 Å². The molecule has 1 aromatic rings. The van der Waals surface area contributed by atoms with Crippen LogP contribution in [0.1, 0.15) is 24.8 Å². The molecular formula is C20H34FIN4O2. The minimum Gasteiger partial charge on any atom is -0.379 e. The number of rotatable bonds is 11. The van der Waals surface area contributed by atoms with Crippen LogP contribution < -0.4 is 10.6 Å². The number of benzene rings is 1. The molecule has 1 aliphatic rings. The number of aliphatic imine (C=N–C) groups is 1. The van der Waals surface area contributed by atoms with Crippen molar-refractivity contribution in [2.45, 2.75) is 31.9 Å². The Morgan fingerprint density at radius 2 is 2.04 bits per heavy atom. The molecule has 2 N–H and O–H groups in total. The molecule has 1 atom stereocenters. The molecule has 2 rings (SSSR count). The first-order chi connectivity index (χ1) is 13.2. The third-order valence-electron chi connectivity index (χ3n) is 4.46. The molecule has 0 saturated carbocycles. The molecule has 0 amide bonds. The monoisotopic (exact) mass is 508 g/mol. The zero-order chi connectivity index (χ0) is 19.3. The van der Waals surface area contributed by atoms with Gasteiger partial charge in [-0.15, -0.1) is 24.0 Å². The number of hydrogen-bond acceptors (Lipinski definition) is 4. The van der Waals surface area contributed by atoms with Crippen LogP contribution in [0.3, 0.4) is 0 Å². The van der Waals surface area contributed by atoms with Crippen LogP contribution in [-0.2, 0) is 16.0 Å². The summed E-state index contributed by atoms with van der Waals surface area (Å²) in [6, 6.07) is 6.64. The van der Waals surface area contributed by atoms with E-state index in [0.717, 1.165) is 70.2 Å². The summed E-state index contributed by atoms with van der Waals surface area (Å²) in [5.41, 5.74) is 1.10. The molecule has 8 heteroatoms. The lowest BCUT2D eigenvalue weighted by Crippen LogP contribution is -2.41. The highest BCUT2D eigenvalue weighted by Gasteiger charge is 2.14. The molecule has 6 nitrogen and oxygen atoms in total. The van der Waals surface area contributed by atoms with E-state index in [1.54, 1.807) is 7.05 Å². The first-order valence-corrected chi connectivity index (χ1v) is 9.74. The van der Waals surface area contributed by atoms with Crippen molar-refractivity contribution in [1.29, 1.82) is 0 Å². The van der Waals surface area contributed by atoms with Crippen LogP contribution in [0.15, 0.2) is 29.3 Å². The quantitative estimate of drug-likeness (QED) is 0.208. The molecule has 28 heavy (non-hydrogen) atoms. The van der Waals surface area contributed by atoms with Gasteiger partial charge in [0.2, 0.25) is 0 Å². The number of hydrogen-bond donors (Lipinski definition) is 2. The summed E-state index contributed by atoms with van der Waals surface area (Å²) in [5.74, 6) is 0.597.